The molecule has 0 fully saturated rings. The summed E-state index contributed by atoms with van der Waals surface area (Å²) in [7, 11) is 0. The van der Waals surface area contributed by atoms with E-state index in [-0.39, 0.29) is 17.4 Å². The van der Waals surface area contributed by atoms with Crippen LogP contribution in [0, 0.1) is 23.3 Å². The van der Waals surface area contributed by atoms with Gasteiger partial charge < -0.3 is 14.8 Å². The van der Waals surface area contributed by atoms with E-state index in [9.17, 15) is 22.4 Å². The Kier molecular flexibility index (Phi) is 6.78. The van der Waals surface area contributed by atoms with Gasteiger partial charge in [0.25, 0.3) is 5.91 Å². The third kappa shape index (κ3) is 4.96. The van der Waals surface area contributed by atoms with E-state index in [2.05, 4.69) is 10.4 Å². The molecule has 31 heavy (non-hydrogen) atoms. The van der Waals surface area contributed by atoms with Crippen molar-refractivity contribution in [1.29, 1.82) is 0 Å². The van der Waals surface area contributed by atoms with Crippen LogP contribution in [0.3, 0.4) is 0 Å². The summed E-state index contributed by atoms with van der Waals surface area (Å²) < 4.78 is 66.4. The van der Waals surface area contributed by atoms with Gasteiger partial charge in [0.2, 0.25) is 0 Å². The Morgan fingerprint density at radius 2 is 1.61 bits per heavy atom. The van der Waals surface area contributed by atoms with Gasteiger partial charge in [0.05, 0.1) is 25.3 Å². The molecule has 0 aliphatic rings. The quantitative estimate of drug-likeness (QED) is 0.415. The Morgan fingerprint density at radius 1 is 0.968 bits per heavy atom. The Bertz CT molecular complexity index is 1080. The van der Waals surface area contributed by atoms with Gasteiger partial charge in [0.1, 0.15) is 0 Å². The van der Waals surface area contributed by atoms with Crippen LogP contribution < -0.4 is 14.8 Å². The molecule has 2 aromatic carbocycles. The van der Waals surface area contributed by atoms with Gasteiger partial charge in [0, 0.05) is 23.9 Å². The van der Waals surface area contributed by atoms with Crippen molar-refractivity contribution in [3.05, 3.63) is 70.9 Å². The van der Waals surface area contributed by atoms with Gasteiger partial charge in [0.15, 0.2) is 40.6 Å². The van der Waals surface area contributed by atoms with Gasteiger partial charge in [-0.25, -0.2) is 17.6 Å². The fraction of sp³-hybridized carbons (Fsp3) is 0.238. The number of amides is 1. The molecule has 1 aromatic heterocycles. The molecular formula is C21H19F4N3O3. The first-order valence-electron chi connectivity index (χ1n) is 9.40. The minimum absolute atomic E-state index is 0.0783. The van der Waals surface area contributed by atoms with E-state index < -0.39 is 41.3 Å². The standard InChI is InChI=1S/C21H19F4N3O3/c1-3-30-16-6-5-12(9-17(16)31-4-2)21(29)26-18-7-8-28(27-18)11-13-19(24)14(22)10-15(23)20(13)25/h5-10H,3-4,11H2,1-2H3,(H,26,27,29). The molecule has 0 aliphatic heterocycles. The SMILES string of the molecule is CCOc1ccc(C(=O)Nc2ccn(Cc3c(F)c(F)cc(F)c3F)n2)cc1OCC. The predicted octanol–water partition coefficient (Wildman–Crippen LogP) is 4.54. The van der Waals surface area contributed by atoms with Gasteiger partial charge >= 0.3 is 0 Å². The van der Waals surface area contributed by atoms with Crippen LogP contribution in [0.15, 0.2) is 36.5 Å². The number of nitrogens with zero attached hydrogens (tertiary/aromatic N) is 2. The zero-order valence-corrected chi connectivity index (χ0v) is 16.7. The summed E-state index contributed by atoms with van der Waals surface area (Å²) in [6.45, 7) is 3.86. The van der Waals surface area contributed by atoms with E-state index in [0.29, 0.717) is 24.7 Å². The van der Waals surface area contributed by atoms with Crippen LogP contribution in [0.25, 0.3) is 0 Å². The minimum Gasteiger partial charge on any atom is -0.490 e. The van der Waals surface area contributed by atoms with Crippen molar-refractivity contribution in [2.45, 2.75) is 20.4 Å². The second-order valence-corrected chi connectivity index (χ2v) is 6.33. The second-order valence-electron chi connectivity index (χ2n) is 6.33. The number of ether oxygens (including phenoxy) is 2. The molecule has 3 rings (SSSR count). The lowest BCUT2D eigenvalue weighted by molar-refractivity contribution is 0.102. The van der Waals surface area contributed by atoms with E-state index in [4.69, 9.17) is 9.47 Å². The van der Waals surface area contributed by atoms with Crippen molar-refractivity contribution in [3.63, 3.8) is 0 Å². The highest BCUT2D eigenvalue weighted by molar-refractivity contribution is 6.04. The molecule has 0 radical (unpaired) electrons. The fourth-order valence-corrected chi connectivity index (χ4v) is 2.82. The average Bonchev–Trinajstić information content (AvgIpc) is 3.18. The average molecular weight is 437 g/mol. The molecule has 1 amide bonds. The number of nitrogens with one attached hydrogen (secondary N) is 1. The molecular weight excluding hydrogens is 418 g/mol. The highest BCUT2D eigenvalue weighted by Crippen LogP contribution is 2.29. The summed E-state index contributed by atoms with van der Waals surface area (Å²) in [6, 6.07) is 6.17. The van der Waals surface area contributed by atoms with Gasteiger partial charge in [-0.05, 0) is 32.0 Å². The Hall–Kier alpha value is -3.56. The van der Waals surface area contributed by atoms with Crippen LogP contribution in [-0.2, 0) is 6.54 Å². The van der Waals surface area contributed by atoms with Gasteiger partial charge in [-0.15, -0.1) is 0 Å². The summed E-state index contributed by atoms with van der Waals surface area (Å²) in [6.07, 6.45) is 1.31. The second kappa shape index (κ2) is 9.50. The van der Waals surface area contributed by atoms with E-state index in [1.165, 1.54) is 18.3 Å². The number of benzene rings is 2. The maximum Gasteiger partial charge on any atom is 0.257 e. The molecule has 0 saturated heterocycles. The molecule has 0 bridgehead atoms. The number of aromatic nitrogens is 2. The van der Waals surface area contributed by atoms with Crippen LogP contribution in [0.4, 0.5) is 23.4 Å². The first-order valence-corrected chi connectivity index (χ1v) is 9.40. The molecule has 0 spiro atoms. The monoisotopic (exact) mass is 437 g/mol. The van der Waals surface area contributed by atoms with Crippen LogP contribution >= 0.6 is 0 Å². The van der Waals surface area contributed by atoms with Crippen molar-refractivity contribution in [2.75, 3.05) is 18.5 Å². The van der Waals surface area contributed by atoms with E-state index in [1.807, 2.05) is 6.92 Å². The maximum absolute atomic E-state index is 13.8. The van der Waals surface area contributed by atoms with E-state index in [1.54, 1.807) is 19.1 Å². The number of carbonyl (C=O) groups excluding carboxylic acids is 1. The topological polar surface area (TPSA) is 65.4 Å². The van der Waals surface area contributed by atoms with Gasteiger partial charge in [-0.2, -0.15) is 5.10 Å². The molecule has 6 nitrogen and oxygen atoms in total. The molecule has 3 aromatic rings. The Labute approximate surface area is 175 Å². The molecule has 0 atom stereocenters. The van der Waals surface area contributed by atoms with Crippen molar-refractivity contribution in [2.24, 2.45) is 0 Å². The number of rotatable bonds is 8. The summed E-state index contributed by atoms with van der Waals surface area (Å²) in [4.78, 5) is 12.5. The van der Waals surface area contributed by atoms with E-state index in [0.717, 1.165) is 4.68 Å². The largest absolute Gasteiger partial charge is 0.490 e. The Balaban J connectivity index is 1.76. The lowest BCUT2D eigenvalue weighted by Crippen LogP contribution is -2.14. The lowest BCUT2D eigenvalue weighted by atomic mass is 10.2. The number of anilines is 1. The molecule has 1 heterocycles. The maximum atomic E-state index is 13.8. The zero-order chi connectivity index (χ0) is 22.5. The molecule has 1 N–H and O–H groups in total. The third-order valence-corrected chi connectivity index (χ3v) is 4.21. The van der Waals surface area contributed by atoms with Gasteiger partial charge in [-0.3, -0.25) is 9.48 Å². The van der Waals surface area contributed by atoms with Crippen molar-refractivity contribution in [1.82, 2.24) is 9.78 Å². The van der Waals surface area contributed by atoms with Crippen molar-refractivity contribution < 1.29 is 31.8 Å². The van der Waals surface area contributed by atoms with Crippen LogP contribution in [-0.4, -0.2) is 28.9 Å². The number of hydrogen-bond donors (Lipinski definition) is 1. The van der Waals surface area contributed by atoms with Crippen LogP contribution in [0.1, 0.15) is 29.8 Å². The van der Waals surface area contributed by atoms with Crippen molar-refractivity contribution in [3.8, 4) is 11.5 Å². The molecule has 10 heteroatoms. The molecule has 0 saturated carbocycles. The molecule has 0 unspecified atom stereocenters. The normalized spacial score (nSPS) is 10.8. The summed E-state index contributed by atoms with van der Waals surface area (Å²) in [5.74, 6) is -5.54. The Morgan fingerprint density at radius 3 is 2.26 bits per heavy atom. The zero-order valence-electron chi connectivity index (χ0n) is 16.7. The molecule has 0 aliphatic carbocycles. The summed E-state index contributed by atoms with van der Waals surface area (Å²) in [5.41, 5.74) is -0.544. The fourth-order valence-electron chi connectivity index (χ4n) is 2.82. The first kappa shape index (κ1) is 22.1. The van der Waals surface area contributed by atoms with Gasteiger partial charge in [-0.1, -0.05) is 0 Å². The van der Waals surface area contributed by atoms with Crippen molar-refractivity contribution >= 4 is 11.7 Å². The first-order chi connectivity index (χ1) is 14.8. The van der Waals surface area contributed by atoms with Crippen LogP contribution in [0.5, 0.6) is 11.5 Å². The third-order valence-electron chi connectivity index (χ3n) is 4.21. The number of carbonyl (C=O) groups is 1. The smallest absolute Gasteiger partial charge is 0.257 e. The highest BCUT2D eigenvalue weighted by Gasteiger charge is 2.20. The number of halogens is 4. The number of hydrogen-bond acceptors (Lipinski definition) is 4. The van der Waals surface area contributed by atoms with E-state index >= 15 is 0 Å². The summed E-state index contributed by atoms with van der Waals surface area (Å²) in [5, 5.41) is 6.50. The summed E-state index contributed by atoms with van der Waals surface area (Å²) >= 11 is 0. The van der Waals surface area contributed by atoms with Crippen LogP contribution in [0.2, 0.25) is 0 Å². The lowest BCUT2D eigenvalue weighted by Gasteiger charge is -2.12. The highest BCUT2D eigenvalue weighted by atomic mass is 19.2. The predicted molar refractivity (Wildman–Crippen MR) is 104 cm³/mol. The molecule has 164 valence electrons. The minimum atomic E-state index is -1.50.